The Morgan fingerprint density at radius 1 is 1.43 bits per heavy atom. The lowest BCUT2D eigenvalue weighted by atomic mass is 10.1. The smallest absolute Gasteiger partial charge is 0.228 e. The van der Waals surface area contributed by atoms with E-state index in [1.54, 1.807) is 12.3 Å². The summed E-state index contributed by atoms with van der Waals surface area (Å²) in [5.74, 6) is -0.451. The van der Waals surface area contributed by atoms with Crippen LogP contribution < -0.4 is 0 Å². The molecule has 0 radical (unpaired) electrons. The summed E-state index contributed by atoms with van der Waals surface area (Å²) in [5.41, 5.74) is 1.75. The van der Waals surface area contributed by atoms with E-state index in [0.29, 0.717) is 25.8 Å². The number of aromatic nitrogens is 1. The lowest BCUT2D eigenvalue weighted by Crippen LogP contribution is -2.31. The van der Waals surface area contributed by atoms with E-state index in [2.05, 4.69) is 4.98 Å². The fourth-order valence-corrected chi connectivity index (χ4v) is 2.31. The summed E-state index contributed by atoms with van der Waals surface area (Å²) in [5, 5.41) is 0.793. The summed E-state index contributed by atoms with van der Waals surface area (Å²) < 4.78 is 13.3. The van der Waals surface area contributed by atoms with Crippen LogP contribution in [0.1, 0.15) is 31.7 Å². The molecule has 4 nitrogen and oxygen atoms in total. The molecule has 0 saturated carbocycles. The van der Waals surface area contributed by atoms with Crippen molar-refractivity contribution in [3.63, 3.8) is 0 Å². The third-order valence-electron chi connectivity index (χ3n) is 3.54. The Balaban J connectivity index is 2.04. The Labute approximate surface area is 122 Å². The van der Waals surface area contributed by atoms with E-state index in [4.69, 9.17) is 0 Å². The number of fused-ring (bicyclic) bond motifs is 1. The van der Waals surface area contributed by atoms with Crippen molar-refractivity contribution in [2.75, 3.05) is 6.54 Å². The number of nitrogens with zero attached hydrogens (tertiary/aromatic N) is 1. The lowest BCUT2D eigenvalue weighted by molar-refractivity contribution is -0.138. The molecule has 0 aliphatic carbocycles. The van der Waals surface area contributed by atoms with Crippen molar-refractivity contribution < 1.29 is 14.0 Å². The first-order chi connectivity index (χ1) is 10.2. The number of aromatic amines is 1. The molecule has 0 atom stereocenters. The Hall–Kier alpha value is -2.17. The minimum atomic E-state index is -0.297. The Morgan fingerprint density at radius 2 is 2.24 bits per heavy atom. The SMILES string of the molecule is CCCCC(=O)N(C=O)CCc1c[nH]c2ccc(F)cc12. The number of H-pyrrole nitrogens is 1. The fourth-order valence-electron chi connectivity index (χ4n) is 2.31. The molecule has 0 aliphatic rings. The first-order valence-electron chi connectivity index (χ1n) is 7.16. The molecule has 21 heavy (non-hydrogen) atoms. The first-order valence-corrected chi connectivity index (χ1v) is 7.16. The topological polar surface area (TPSA) is 53.2 Å². The molecular weight excluding hydrogens is 271 g/mol. The van der Waals surface area contributed by atoms with E-state index < -0.39 is 0 Å². The van der Waals surface area contributed by atoms with Gasteiger partial charge in [-0.15, -0.1) is 0 Å². The molecule has 1 N–H and O–H groups in total. The normalized spacial score (nSPS) is 10.8. The van der Waals surface area contributed by atoms with Gasteiger partial charge in [0, 0.05) is 30.1 Å². The molecule has 2 amide bonds. The van der Waals surface area contributed by atoms with Crippen LogP contribution in [-0.4, -0.2) is 28.7 Å². The van der Waals surface area contributed by atoms with Gasteiger partial charge in [-0.3, -0.25) is 14.5 Å². The highest BCUT2D eigenvalue weighted by Gasteiger charge is 2.13. The van der Waals surface area contributed by atoms with Gasteiger partial charge in [0.2, 0.25) is 12.3 Å². The number of amides is 2. The van der Waals surface area contributed by atoms with E-state index in [1.165, 1.54) is 17.0 Å². The predicted molar refractivity (Wildman–Crippen MR) is 79.3 cm³/mol. The van der Waals surface area contributed by atoms with Gasteiger partial charge in [0.15, 0.2) is 0 Å². The molecule has 1 heterocycles. The highest BCUT2D eigenvalue weighted by Crippen LogP contribution is 2.20. The van der Waals surface area contributed by atoms with Crippen molar-refractivity contribution in [3.05, 3.63) is 35.8 Å². The number of carbonyl (C=O) groups excluding carboxylic acids is 2. The average Bonchev–Trinajstić information content (AvgIpc) is 2.88. The van der Waals surface area contributed by atoms with Gasteiger partial charge in [0.1, 0.15) is 5.82 Å². The zero-order valence-corrected chi connectivity index (χ0v) is 12.1. The van der Waals surface area contributed by atoms with Crippen LogP contribution in [0, 0.1) is 5.82 Å². The Morgan fingerprint density at radius 3 is 2.95 bits per heavy atom. The van der Waals surface area contributed by atoms with Gasteiger partial charge < -0.3 is 4.98 Å². The van der Waals surface area contributed by atoms with Crippen LogP contribution in [0.2, 0.25) is 0 Å². The van der Waals surface area contributed by atoms with Gasteiger partial charge in [-0.2, -0.15) is 0 Å². The molecule has 2 rings (SSSR count). The van der Waals surface area contributed by atoms with Gasteiger partial charge >= 0.3 is 0 Å². The number of unbranched alkanes of at least 4 members (excludes halogenated alkanes) is 1. The Kier molecular flexibility index (Phi) is 5.09. The number of hydrogen-bond acceptors (Lipinski definition) is 2. The molecule has 0 unspecified atom stereocenters. The Bertz CT molecular complexity index is 636. The molecule has 0 saturated heterocycles. The van der Waals surface area contributed by atoms with Crippen molar-refractivity contribution in [2.24, 2.45) is 0 Å². The van der Waals surface area contributed by atoms with Crippen LogP contribution >= 0.6 is 0 Å². The van der Waals surface area contributed by atoms with Gasteiger partial charge in [0.25, 0.3) is 0 Å². The van der Waals surface area contributed by atoms with E-state index >= 15 is 0 Å². The highest BCUT2D eigenvalue weighted by molar-refractivity contribution is 5.86. The standard InChI is InChI=1S/C16H19FN2O2/c1-2-3-4-16(21)19(11-20)8-7-12-10-18-15-6-5-13(17)9-14(12)15/h5-6,9-11,18H,2-4,7-8H2,1H3. The summed E-state index contributed by atoms with van der Waals surface area (Å²) in [6, 6.07) is 4.54. The van der Waals surface area contributed by atoms with Gasteiger partial charge in [-0.1, -0.05) is 13.3 Å². The minimum absolute atomic E-state index is 0.155. The molecule has 2 aromatic rings. The van der Waals surface area contributed by atoms with Crippen molar-refractivity contribution >= 4 is 23.2 Å². The molecule has 0 aliphatic heterocycles. The van der Waals surface area contributed by atoms with E-state index in [9.17, 15) is 14.0 Å². The number of rotatable bonds is 7. The maximum Gasteiger partial charge on any atom is 0.228 e. The van der Waals surface area contributed by atoms with E-state index in [1.807, 2.05) is 6.92 Å². The van der Waals surface area contributed by atoms with Crippen molar-refractivity contribution in [1.29, 1.82) is 0 Å². The molecule has 5 heteroatoms. The molecule has 0 fully saturated rings. The quantitative estimate of drug-likeness (QED) is 0.797. The van der Waals surface area contributed by atoms with Crippen LogP contribution in [-0.2, 0) is 16.0 Å². The maximum absolute atomic E-state index is 13.3. The number of imide groups is 1. The lowest BCUT2D eigenvalue weighted by Gasteiger charge is -2.14. The average molecular weight is 290 g/mol. The van der Waals surface area contributed by atoms with E-state index in [-0.39, 0.29) is 11.7 Å². The second-order valence-corrected chi connectivity index (χ2v) is 5.05. The monoisotopic (exact) mass is 290 g/mol. The van der Waals surface area contributed by atoms with Crippen molar-refractivity contribution in [1.82, 2.24) is 9.88 Å². The summed E-state index contributed by atoms with van der Waals surface area (Å²) >= 11 is 0. The summed E-state index contributed by atoms with van der Waals surface area (Å²) in [6.45, 7) is 2.31. The number of halogens is 1. The fraction of sp³-hybridized carbons (Fsp3) is 0.375. The summed E-state index contributed by atoms with van der Waals surface area (Å²) in [6.07, 6.45) is 4.97. The number of hydrogen-bond donors (Lipinski definition) is 1. The molecule has 1 aromatic carbocycles. The molecule has 112 valence electrons. The molecule has 0 bridgehead atoms. The summed E-state index contributed by atoms with van der Waals surface area (Å²) in [7, 11) is 0. The second-order valence-electron chi connectivity index (χ2n) is 5.05. The predicted octanol–water partition coefficient (Wildman–Crippen LogP) is 3.02. The number of benzene rings is 1. The summed E-state index contributed by atoms with van der Waals surface area (Å²) in [4.78, 5) is 27.1. The molecule has 1 aromatic heterocycles. The highest BCUT2D eigenvalue weighted by atomic mass is 19.1. The number of nitrogens with one attached hydrogen (secondary N) is 1. The van der Waals surface area contributed by atoms with E-state index in [0.717, 1.165) is 29.3 Å². The zero-order valence-electron chi connectivity index (χ0n) is 12.1. The van der Waals surface area contributed by atoms with Gasteiger partial charge in [-0.25, -0.2) is 4.39 Å². The van der Waals surface area contributed by atoms with Crippen LogP contribution in [0.3, 0.4) is 0 Å². The molecular formula is C16H19FN2O2. The van der Waals surface area contributed by atoms with Crippen LogP contribution in [0.5, 0.6) is 0 Å². The molecule has 0 spiro atoms. The second kappa shape index (κ2) is 7.02. The van der Waals surface area contributed by atoms with Crippen LogP contribution in [0.15, 0.2) is 24.4 Å². The third-order valence-corrected chi connectivity index (χ3v) is 3.54. The van der Waals surface area contributed by atoms with Gasteiger partial charge in [0.05, 0.1) is 0 Å². The van der Waals surface area contributed by atoms with Crippen molar-refractivity contribution in [2.45, 2.75) is 32.6 Å². The van der Waals surface area contributed by atoms with Crippen molar-refractivity contribution in [3.8, 4) is 0 Å². The van der Waals surface area contributed by atoms with Crippen LogP contribution in [0.25, 0.3) is 10.9 Å². The first kappa shape index (κ1) is 15.2. The number of carbonyl (C=O) groups is 2. The minimum Gasteiger partial charge on any atom is -0.361 e. The zero-order chi connectivity index (χ0) is 15.2. The van der Waals surface area contributed by atoms with Gasteiger partial charge in [-0.05, 0) is 36.6 Å². The maximum atomic E-state index is 13.3. The third kappa shape index (κ3) is 3.68. The van der Waals surface area contributed by atoms with Crippen LogP contribution in [0.4, 0.5) is 4.39 Å². The largest absolute Gasteiger partial charge is 0.361 e.